The molecule has 0 saturated carbocycles. The van der Waals surface area contributed by atoms with Crippen molar-refractivity contribution in [3.63, 3.8) is 0 Å². The Hall–Kier alpha value is -2.04. The van der Waals surface area contributed by atoms with Crippen LogP contribution in [0.25, 0.3) is 0 Å². The minimum absolute atomic E-state index is 0.0983. The van der Waals surface area contributed by atoms with E-state index in [-0.39, 0.29) is 24.7 Å². The maximum Gasteiger partial charge on any atom is 0.410 e. The predicted octanol–water partition coefficient (Wildman–Crippen LogP) is 5.12. The summed E-state index contributed by atoms with van der Waals surface area (Å²) < 4.78 is 11.0. The van der Waals surface area contributed by atoms with Gasteiger partial charge >= 0.3 is 12.1 Å². The first-order valence-corrected chi connectivity index (χ1v) is 10.8. The monoisotopic (exact) mass is 389 g/mol. The third-order valence-corrected chi connectivity index (χ3v) is 5.25. The first kappa shape index (κ1) is 22.3. The molecular weight excluding hydrogens is 354 g/mol. The zero-order valence-electron chi connectivity index (χ0n) is 17.4. The zero-order chi connectivity index (χ0) is 20.2. The van der Waals surface area contributed by atoms with Crippen molar-refractivity contribution < 1.29 is 19.1 Å². The average Bonchev–Trinajstić information content (AvgIpc) is 2.99. The fourth-order valence-electron chi connectivity index (χ4n) is 3.56. The standard InChI is InChI=1S/C23H35NO4/c1-3-5-7-8-12-15-22(25)27-18-21-20(17-19-13-10-9-11-14-19)24(16-6-4-2)23(26)28-21/h9-11,13-14,20-21H,3-8,12,15-18H2,1-2H3/t20-,21-/m1/s1. The van der Waals surface area contributed by atoms with Gasteiger partial charge in [-0.15, -0.1) is 0 Å². The summed E-state index contributed by atoms with van der Waals surface area (Å²) >= 11 is 0. The lowest BCUT2D eigenvalue weighted by atomic mass is 10.0. The molecule has 2 rings (SSSR count). The summed E-state index contributed by atoms with van der Waals surface area (Å²) in [5.41, 5.74) is 1.15. The molecule has 2 atom stereocenters. The van der Waals surface area contributed by atoms with Gasteiger partial charge in [-0.25, -0.2) is 4.79 Å². The van der Waals surface area contributed by atoms with Crippen molar-refractivity contribution in [2.75, 3.05) is 13.2 Å². The van der Waals surface area contributed by atoms with Gasteiger partial charge in [-0.3, -0.25) is 4.79 Å². The number of ether oxygens (including phenoxy) is 2. The highest BCUT2D eigenvalue weighted by molar-refractivity contribution is 5.71. The maximum absolute atomic E-state index is 12.4. The molecule has 0 radical (unpaired) electrons. The second-order valence-electron chi connectivity index (χ2n) is 7.57. The minimum Gasteiger partial charge on any atom is -0.462 e. The highest BCUT2D eigenvalue weighted by Crippen LogP contribution is 2.24. The summed E-state index contributed by atoms with van der Waals surface area (Å²) in [6.07, 6.45) is 7.87. The Bertz CT molecular complexity index is 590. The molecule has 1 fully saturated rings. The first-order valence-electron chi connectivity index (χ1n) is 10.8. The molecule has 0 unspecified atom stereocenters. The molecule has 0 bridgehead atoms. The van der Waals surface area contributed by atoms with E-state index < -0.39 is 6.10 Å². The Kier molecular flexibility index (Phi) is 9.87. The van der Waals surface area contributed by atoms with Crippen molar-refractivity contribution in [3.05, 3.63) is 35.9 Å². The summed E-state index contributed by atoms with van der Waals surface area (Å²) in [4.78, 5) is 26.2. The van der Waals surface area contributed by atoms with E-state index in [4.69, 9.17) is 9.47 Å². The van der Waals surface area contributed by atoms with Gasteiger partial charge in [-0.05, 0) is 24.8 Å². The summed E-state index contributed by atoms with van der Waals surface area (Å²) in [5.74, 6) is -0.196. The van der Waals surface area contributed by atoms with Crippen LogP contribution in [0.5, 0.6) is 0 Å². The number of carbonyl (C=O) groups excluding carboxylic acids is 2. The van der Waals surface area contributed by atoms with E-state index >= 15 is 0 Å². The van der Waals surface area contributed by atoms with Crippen molar-refractivity contribution in [2.45, 2.75) is 83.8 Å². The Morgan fingerprint density at radius 3 is 2.46 bits per heavy atom. The van der Waals surface area contributed by atoms with Crippen LogP contribution in [-0.2, 0) is 20.7 Å². The Balaban J connectivity index is 1.88. The molecule has 0 aliphatic carbocycles. The summed E-state index contributed by atoms with van der Waals surface area (Å²) in [7, 11) is 0. The number of amides is 1. The van der Waals surface area contributed by atoms with E-state index in [0.717, 1.165) is 37.7 Å². The molecule has 1 aliphatic rings. The van der Waals surface area contributed by atoms with E-state index in [0.29, 0.717) is 19.4 Å². The highest BCUT2D eigenvalue weighted by Gasteiger charge is 2.41. The number of cyclic esters (lactones) is 1. The van der Waals surface area contributed by atoms with Crippen LogP contribution in [0.1, 0.15) is 70.8 Å². The van der Waals surface area contributed by atoms with E-state index in [1.165, 1.54) is 12.8 Å². The minimum atomic E-state index is -0.409. The highest BCUT2D eigenvalue weighted by atomic mass is 16.6. The van der Waals surface area contributed by atoms with Crippen molar-refractivity contribution in [3.8, 4) is 0 Å². The largest absolute Gasteiger partial charge is 0.462 e. The molecule has 1 amide bonds. The van der Waals surface area contributed by atoms with Crippen LogP contribution in [0.2, 0.25) is 0 Å². The predicted molar refractivity (Wildman–Crippen MR) is 110 cm³/mol. The number of hydrogen-bond acceptors (Lipinski definition) is 4. The third kappa shape index (κ3) is 7.17. The number of esters is 1. The van der Waals surface area contributed by atoms with Gasteiger partial charge in [0.2, 0.25) is 0 Å². The fraction of sp³-hybridized carbons (Fsp3) is 0.652. The summed E-state index contributed by atoms with van der Waals surface area (Å²) in [6, 6.07) is 9.99. The van der Waals surface area contributed by atoms with Crippen molar-refractivity contribution in [2.24, 2.45) is 0 Å². The van der Waals surface area contributed by atoms with Gasteiger partial charge in [-0.1, -0.05) is 76.3 Å². The molecule has 0 N–H and O–H groups in total. The van der Waals surface area contributed by atoms with Gasteiger partial charge in [0, 0.05) is 13.0 Å². The molecular formula is C23H35NO4. The Morgan fingerprint density at radius 1 is 1.04 bits per heavy atom. The van der Waals surface area contributed by atoms with E-state index in [9.17, 15) is 9.59 Å². The fourth-order valence-corrected chi connectivity index (χ4v) is 3.56. The number of rotatable bonds is 13. The molecule has 28 heavy (non-hydrogen) atoms. The van der Waals surface area contributed by atoms with Crippen LogP contribution in [0.3, 0.4) is 0 Å². The van der Waals surface area contributed by atoms with Crippen molar-refractivity contribution in [1.82, 2.24) is 4.90 Å². The molecule has 1 heterocycles. The van der Waals surface area contributed by atoms with E-state index in [2.05, 4.69) is 26.0 Å². The molecule has 1 saturated heterocycles. The molecule has 1 aromatic carbocycles. The third-order valence-electron chi connectivity index (χ3n) is 5.25. The van der Waals surface area contributed by atoms with Crippen LogP contribution in [0.4, 0.5) is 4.79 Å². The average molecular weight is 390 g/mol. The molecule has 156 valence electrons. The SMILES string of the molecule is CCCCCCCC(=O)OC[C@H]1OC(=O)N(CCCC)[C@@H]1Cc1ccccc1. The molecule has 5 nitrogen and oxygen atoms in total. The number of hydrogen-bond donors (Lipinski definition) is 0. The van der Waals surface area contributed by atoms with Crippen LogP contribution in [0, 0.1) is 0 Å². The lowest BCUT2D eigenvalue weighted by Crippen LogP contribution is -2.40. The van der Waals surface area contributed by atoms with Gasteiger partial charge in [0.15, 0.2) is 6.10 Å². The normalized spacial score (nSPS) is 18.9. The zero-order valence-corrected chi connectivity index (χ0v) is 17.4. The van der Waals surface area contributed by atoms with Gasteiger partial charge in [-0.2, -0.15) is 0 Å². The molecule has 5 heteroatoms. The molecule has 0 aromatic heterocycles. The lowest BCUT2D eigenvalue weighted by molar-refractivity contribution is -0.146. The Labute approximate surface area is 169 Å². The second-order valence-corrected chi connectivity index (χ2v) is 7.57. The van der Waals surface area contributed by atoms with E-state index in [1.54, 1.807) is 4.90 Å². The second kappa shape index (κ2) is 12.4. The van der Waals surface area contributed by atoms with Crippen LogP contribution < -0.4 is 0 Å². The van der Waals surface area contributed by atoms with Crippen LogP contribution >= 0.6 is 0 Å². The Morgan fingerprint density at radius 2 is 1.75 bits per heavy atom. The summed E-state index contributed by atoms with van der Waals surface area (Å²) in [5, 5.41) is 0. The lowest BCUT2D eigenvalue weighted by Gasteiger charge is -2.24. The quantitative estimate of drug-likeness (QED) is 0.347. The molecule has 1 aliphatic heterocycles. The van der Waals surface area contributed by atoms with Crippen molar-refractivity contribution >= 4 is 12.1 Å². The smallest absolute Gasteiger partial charge is 0.410 e. The van der Waals surface area contributed by atoms with Crippen LogP contribution in [0.15, 0.2) is 30.3 Å². The van der Waals surface area contributed by atoms with Crippen LogP contribution in [-0.4, -0.2) is 42.3 Å². The van der Waals surface area contributed by atoms with Crippen molar-refractivity contribution in [1.29, 1.82) is 0 Å². The molecule has 0 spiro atoms. The number of carbonyl (C=O) groups is 2. The number of unbranched alkanes of at least 4 members (excludes halogenated alkanes) is 5. The number of nitrogens with zero attached hydrogens (tertiary/aromatic N) is 1. The van der Waals surface area contributed by atoms with Gasteiger partial charge in [0.1, 0.15) is 6.61 Å². The van der Waals surface area contributed by atoms with Gasteiger partial charge in [0.25, 0.3) is 0 Å². The number of benzene rings is 1. The van der Waals surface area contributed by atoms with E-state index in [1.807, 2.05) is 18.2 Å². The maximum atomic E-state index is 12.4. The first-order chi connectivity index (χ1) is 13.7. The van der Waals surface area contributed by atoms with Gasteiger partial charge in [0.05, 0.1) is 6.04 Å². The topological polar surface area (TPSA) is 55.8 Å². The van der Waals surface area contributed by atoms with Gasteiger partial charge < -0.3 is 14.4 Å². The summed E-state index contributed by atoms with van der Waals surface area (Å²) in [6.45, 7) is 5.09. The molecule has 1 aromatic rings.